The predicted octanol–water partition coefficient (Wildman–Crippen LogP) is 4.20. The summed E-state index contributed by atoms with van der Waals surface area (Å²) in [6.07, 6.45) is 5.74. The lowest BCUT2D eigenvalue weighted by atomic mass is 10.1. The molecule has 1 heterocycles. The van der Waals surface area contributed by atoms with E-state index in [0.717, 1.165) is 36.2 Å². The number of carbonyl (C=O) groups excluding carboxylic acids is 1. The Kier molecular flexibility index (Phi) is 6.73. The third-order valence-corrected chi connectivity index (χ3v) is 3.96. The first-order valence-corrected chi connectivity index (χ1v) is 8.61. The Bertz CT molecular complexity index is 685. The molecule has 5 nitrogen and oxygen atoms in total. The molecule has 0 spiro atoms. The van der Waals surface area contributed by atoms with E-state index in [9.17, 15) is 4.79 Å². The van der Waals surface area contributed by atoms with Gasteiger partial charge in [0, 0.05) is 18.3 Å². The van der Waals surface area contributed by atoms with Gasteiger partial charge in [0.05, 0.1) is 0 Å². The summed E-state index contributed by atoms with van der Waals surface area (Å²) in [5.74, 6) is 0.477. The Morgan fingerprint density at radius 2 is 2.00 bits per heavy atom. The number of unbranched alkanes of at least 4 members (excludes halogenated alkanes) is 2. The molecule has 1 aromatic heterocycles. The number of aryl methyl sites for hydroxylation is 2. The number of carbonyl (C=O) groups is 1. The third kappa shape index (κ3) is 4.78. The zero-order valence-electron chi connectivity index (χ0n) is 14.7. The van der Waals surface area contributed by atoms with Crippen molar-refractivity contribution in [1.29, 1.82) is 0 Å². The van der Waals surface area contributed by atoms with Gasteiger partial charge >= 0.3 is 0 Å². The molecular weight excluding hydrogens is 300 g/mol. The SMILES string of the molecule is CCCCCNc1cc(C(=O)Nc2c(C)cccc2CC)ncn1. The molecule has 0 aliphatic rings. The Morgan fingerprint density at radius 3 is 2.75 bits per heavy atom. The van der Waals surface area contributed by atoms with Crippen LogP contribution in [0.15, 0.2) is 30.6 Å². The van der Waals surface area contributed by atoms with E-state index in [1.807, 2.05) is 25.1 Å². The van der Waals surface area contributed by atoms with Crippen LogP contribution < -0.4 is 10.6 Å². The number of amides is 1. The van der Waals surface area contributed by atoms with Gasteiger partial charge in [-0.15, -0.1) is 0 Å². The van der Waals surface area contributed by atoms with E-state index in [1.54, 1.807) is 6.07 Å². The number of anilines is 2. The van der Waals surface area contributed by atoms with Crippen LogP contribution in [-0.2, 0) is 6.42 Å². The molecule has 1 amide bonds. The number of nitrogens with one attached hydrogen (secondary N) is 2. The number of aromatic nitrogens is 2. The summed E-state index contributed by atoms with van der Waals surface area (Å²) < 4.78 is 0. The summed E-state index contributed by atoms with van der Waals surface area (Å²) in [7, 11) is 0. The van der Waals surface area contributed by atoms with Crippen LogP contribution in [0.5, 0.6) is 0 Å². The molecule has 0 fully saturated rings. The first kappa shape index (κ1) is 17.9. The molecule has 0 saturated carbocycles. The molecule has 0 radical (unpaired) electrons. The second kappa shape index (κ2) is 9.01. The van der Waals surface area contributed by atoms with Gasteiger partial charge in [0.1, 0.15) is 17.8 Å². The Hall–Kier alpha value is -2.43. The van der Waals surface area contributed by atoms with Gasteiger partial charge in [0.15, 0.2) is 0 Å². The van der Waals surface area contributed by atoms with E-state index < -0.39 is 0 Å². The van der Waals surface area contributed by atoms with Crippen LogP contribution >= 0.6 is 0 Å². The van der Waals surface area contributed by atoms with Crippen molar-refractivity contribution in [2.45, 2.75) is 46.5 Å². The van der Waals surface area contributed by atoms with Crippen LogP contribution in [0.3, 0.4) is 0 Å². The van der Waals surface area contributed by atoms with Gasteiger partial charge in [-0.05, 0) is 30.9 Å². The van der Waals surface area contributed by atoms with Crippen LogP contribution in [0.2, 0.25) is 0 Å². The van der Waals surface area contributed by atoms with E-state index in [2.05, 4.69) is 34.4 Å². The summed E-state index contributed by atoms with van der Waals surface area (Å²) in [6.45, 7) is 7.09. The first-order valence-electron chi connectivity index (χ1n) is 8.61. The van der Waals surface area contributed by atoms with Crippen molar-refractivity contribution in [2.24, 2.45) is 0 Å². The Morgan fingerprint density at radius 1 is 1.17 bits per heavy atom. The second-order valence-electron chi connectivity index (χ2n) is 5.84. The average Bonchev–Trinajstić information content (AvgIpc) is 2.60. The minimum atomic E-state index is -0.210. The molecule has 0 aliphatic heterocycles. The molecule has 1 aromatic carbocycles. The average molecular weight is 326 g/mol. The number of nitrogens with zero attached hydrogens (tertiary/aromatic N) is 2. The number of rotatable bonds is 8. The fraction of sp³-hybridized carbons (Fsp3) is 0.421. The van der Waals surface area contributed by atoms with Crippen LogP contribution in [0.4, 0.5) is 11.5 Å². The van der Waals surface area contributed by atoms with Gasteiger partial charge in [0.2, 0.25) is 0 Å². The Balaban J connectivity index is 2.08. The van der Waals surface area contributed by atoms with Crippen LogP contribution in [-0.4, -0.2) is 22.4 Å². The summed E-state index contributed by atoms with van der Waals surface area (Å²) in [4.78, 5) is 20.8. The van der Waals surface area contributed by atoms with E-state index in [4.69, 9.17) is 0 Å². The van der Waals surface area contributed by atoms with Gasteiger partial charge in [-0.25, -0.2) is 9.97 Å². The highest BCUT2D eigenvalue weighted by molar-refractivity contribution is 6.04. The molecule has 0 atom stereocenters. The van der Waals surface area contributed by atoms with Crippen LogP contribution in [0, 0.1) is 6.92 Å². The zero-order chi connectivity index (χ0) is 17.4. The van der Waals surface area contributed by atoms with Gasteiger partial charge < -0.3 is 10.6 Å². The van der Waals surface area contributed by atoms with E-state index in [0.29, 0.717) is 11.5 Å². The summed E-state index contributed by atoms with van der Waals surface area (Å²) >= 11 is 0. The molecule has 128 valence electrons. The number of benzene rings is 1. The molecular formula is C19H26N4O. The largest absolute Gasteiger partial charge is 0.370 e. The lowest BCUT2D eigenvalue weighted by molar-refractivity contribution is 0.102. The summed E-state index contributed by atoms with van der Waals surface area (Å²) in [5, 5.41) is 6.23. The van der Waals surface area contributed by atoms with Gasteiger partial charge in [-0.2, -0.15) is 0 Å². The monoisotopic (exact) mass is 326 g/mol. The maximum atomic E-state index is 12.5. The fourth-order valence-electron chi connectivity index (χ4n) is 2.55. The number of para-hydroxylation sites is 1. The maximum absolute atomic E-state index is 12.5. The molecule has 5 heteroatoms. The minimum Gasteiger partial charge on any atom is -0.370 e. The van der Waals surface area contributed by atoms with Crippen molar-refractivity contribution >= 4 is 17.4 Å². The first-order chi connectivity index (χ1) is 11.7. The molecule has 0 bridgehead atoms. The van der Waals surface area contributed by atoms with Gasteiger partial charge in [-0.3, -0.25) is 4.79 Å². The summed E-state index contributed by atoms with van der Waals surface area (Å²) in [6, 6.07) is 7.73. The lowest BCUT2D eigenvalue weighted by Gasteiger charge is -2.13. The number of hydrogen-bond donors (Lipinski definition) is 2. The zero-order valence-corrected chi connectivity index (χ0v) is 14.7. The standard InChI is InChI=1S/C19H26N4O/c1-4-6-7-11-20-17-12-16(21-13-22-17)19(24)23-18-14(3)9-8-10-15(18)5-2/h8-10,12-13H,4-7,11H2,1-3H3,(H,23,24)(H,20,21,22). The molecule has 24 heavy (non-hydrogen) atoms. The quantitative estimate of drug-likeness (QED) is 0.713. The van der Waals surface area contributed by atoms with Crippen molar-refractivity contribution in [1.82, 2.24) is 9.97 Å². The van der Waals surface area contributed by atoms with Crippen molar-refractivity contribution in [2.75, 3.05) is 17.2 Å². The molecule has 0 saturated heterocycles. The Labute approximate surface area is 143 Å². The van der Waals surface area contributed by atoms with Crippen molar-refractivity contribution in [3.05, 3.63) is 47.4 Å². The molecule has 0 unspecified atom stereocenters. The van der Waals surface area contributed by atoms with Gasteiger partial charge in [-0.1, -0.05) is 44.9 Å². The van der Waals surface area contributed by atoms with Gasteiger partial charge in [0.25, 0.3) is 5.91 Å². The van der Waals surface area contributed by atoms with E-state index >= 15 is 0 Å². The van der Waals surface area contributed by atoms with E-state index in [-0.39, 0.29) is 5.91 Å². The molecule has 2 N–H and O–H groups in total. The maximum Gasteiger partial charge on any atom is 0.274 e. The highest BCUT2D eigenvalue weighted by Gasteiger charge is 2.12. The second-order valence-corrected chi connectivity index (χ2v) is 5.84. The summed E-state index contributed by atoms with van der Waals surface area (Å²) in [5.41, 5.74) is 3.42. The predicted molar refractivity (Wildman–Crippen MR) is 98.6 cm³/mol. The highest BCUT2D eigenvalue weighted by Crippen LogP contribution is 2.21. The normalized spacial score (nSPS) is 10.5. The van der Waals surface area contributed by atoms with Crippen molar-refractivity contribution < 1.29 is 4.79 Å². The van der Waals surface area contributed by atoms with E-state index in [1.165, 1.54) is 19.2 Å². The number of hydrogen-bond acceptors (Lipinski definition) is 4. The van der Waals surface area contributed by atoms with Crippen LogP contribution in [0.1, 0.15) is 54.7 Å². The van der Waals surface area contributed by atoms with Crippen LogP contribution in [0.25, 0.3) is 0 Å². The highest BCUT2D eigenvalue weighted by atomic mass is 16.1. The molecule has 2 rings (SSSR count). The minimum absolute atomic E-state index is 0.210. The lowest BCUT2D eigenvalue weighted by Crippen LogP contribution is -2.16. The molecule has 0 aliphatic carbocycles. The van der Waals surface area contributed by atoms with Crippen molar-refractivity contribution in [3.8, 4) is 0 Å². The smallest absolute Gasteiger partial charge is 0.274 e. The third-order valence-electron chi connectivity index (χ3n) is 3.96. The topological polar surface area (TPSA) is 66.9 Å². The fourth-order valence-corrected chi connectivity index (χ4v) is 2.55. The molecule has 2 aromatic rings. The van der Waals surface area contributed by atoms with Crippen molar-refractivity contribution in [3.63, 3.8) is 0 Å².